The van der Waals surface area contributed by atoms with Crippen LogP contribution < -0.4 is 10.2 Å². The first-order valence-electron chi connectivity index (χ1n) is 6.37. The third-order valence-electron chi connectivity index (χ3n) is 3.45. The van der Waals surface area contributed by atoms with Crippen molar-refractivity contribution < 1.29 is 9.90 Å². The Hall–Kier alpha value is -1.07. The van der Waals surface area contributed by atoms with E-state index in [4.69, 9.17) is 5.11 Å². The lowest BCUT2D eigenvalue weighted by Crippen LogP contribution is -2.63. The molecule has 0 aromatic heterocycles. The van der Waals surface area contributed by atoms with Gasteiger partial charge in [0.05, 0.1) is 12.5 Å². The molecule has 1 unspecified atom stereocenters. The SMILES string of the molecule is CC1(C)CNCC(CC(=O)O)N1c1cccc(Br)c1. The number of nitrogens with one attached hydrogen (secondary N) is 1. The van der Waals surface area contributed by atoms with Gasteiger partial charge in [0.25, 0.3) is 0 Å². The molecule has 2 N–H and O–H groups in total. The van der Waals surface area contributed by atoms with Gasteiger partial charge in [0.15, 0.2) is 0 Å². The first-order chi connectivity index (χ1) is 8.90. The highest BCUT2D eigenvalue weighted by Gasteiger charge is 2.37. The molecule has 1 fully saturated rings. The Kier molecular flexibility index (Phi) is 4.16. The second-order valence-electron chi connectivity index (χ2n) is 5.54. The number of nitrogens with zero attached hydrogens (tertiary/aromatic N) is 1. The molecule has 0 radical (unpaired) electrons. The summed E-state index contributed by atoms with van der Waals surface area (Å²) in [5.41, 5.74) is 0.950. The summed E-state index contributed by atoms with van der Waals surface area (Å²) in [7, 11) is 0. The smallest absolute Gasteiger partial charge is 0.305 e. The minimum absolute atomic E-state index is 0.0319. The van der Waals surface area contributed by atoms with Gasteiger partial charge in [-0.05, 0) is 32.0 Å². The standard InChI is InChI=1S/C14H19BrN2O2/c1-14(2)9-16-8-12(7-13(18)19)17(14)11-5-3-4-10(15)6-11/h3-6,12,16H,7-9H2,1-2H3,(H,18,19). The average molecular weight is 327 g/mol. The maximum absolute atomic E-state index is 11.1. The summed E-state index contributed by atoms with van der Waals surface area (Å²) in [5.74, 6) is -0.760. The van der Waals surface area contributed by atoms with E-state index in [1.165, 1.54) is 0 Å². The molecule has 1 atom stereocenters. The van der Waals surface area contributed by atoms with Crippen LogP contribution in [-0.2, 0) is 4.79 Å². The van der Waals surface area contributed by atoms with E-state index in [0.717, 1.165) is 16.7 Å². The highest BCUT2D eigenvalue weighted by atomic mass is 79.9. The van der Waals surface area contributed by atoms with Crippen LogP contribution in [0.15, 0.2) is 28.7 Å². The molecule has 0 spiro atoms. The van der Waals surface area contributed by atoms with Crippen LogP contribution in [0.1, 0.15) is 20.3 Å². The number of piperazine rings is 1. The van der Waals surface area contributed by atoms with Gasteiger partial charge in [0.1, 0.15) is 0 Å². The first kappa shape index (κ1) is 14.3. The number of hydrogen-bond donors (Lipinski definition) is 2. The van der Waals surface area contributed by atoms with Crippen molar-refractivity contribution in [1.82, 2.24) is 5.32 Å². The zero-order chi connectivity index (χ0) is 14.0. The normalized spacial score (nSPS) is 22.3. The van der Waals surface area contributed by atoms with E-state index in [0.29, 0.717) is 6.54 Å². The molecule has 0 amide bonds. The van der Waals surface area contributed by atoms with Gasteiger partial charge in [0.2, 0.25) is 0 Å². The van der Waals surface area contributed by atoms with Gasteiger partial charge < -0.3 is 15.3 Å². The van der Waals surface area contributed by atoms with E-state index < -0.39 is 5.97 Å². The molecule has 1 aliphatic heterocycles. The molecule has 0 aliphatic carbocycles. The van der Waals surface area contributed by atoms with Gasteiger partial charge in [0, 0.05) is 28.8 Å². The lowest BCUT2D eigenvalue weighted by molar-refractivity contribution is -0.137. The third kappa shape index (κ3) is 3.28. The maximum atomic E-state index is 11.1. The Morgan fingerprint density at radius 2 is 2.32 bits per heavy atom. The van der Waals surface area contributed by atoms with Crippen molar-refractivity contribution in [3.05, 3.63) is 28.7 Å². The van der Waals surface area contributed by atoms with Crippen molar-refractivity contribution in [3.8, 4) is 0 Å². The van der Waals surface area contributed by atoms with E-state index in [-0.39, 0.29) is 18.0 Å². The molecule has 5 heteroatoms. The summed E-state index contributed by atoms with van der Waals surface area (Å²) in [6.45, 7) is 5.81. The second kappa shape index (κ2) is 5.51. The van der Waals surface area contributed by atoms with Gasteiger partial charge in [-0.2, -0.15) is 0 Å². The van der Waals surface area contributed by atoms with Crippen molar-refractivity contribution in [2.45, 2.75) is 31.8 Å². The summed E-state index contributed by atoms with van der Waals surface area (Å²) in [4.78, 5) is 13.3. The van der Waals surface area contributed by atoms with Crippen LogP contribution in [0, 0.1) is 0 Å². The molecule has 1 aromatic carbocycles. The number of carbonyl (C=O) groups is 1. The molecule has 1 aliphatic rings. The number of anilines is 1. The zero-order valence-corrected chi connectivity index (χ0v) is 12.8. The van der Waals surface area contributed by atoms with E-state index in [9.17, 15) is 4.79 Å². The molecule has 1 saturated heterocycles. The molecule has 104 valence electrons. The summed E-state index contributed by atoms with van der Waals surface area (Å²) in [6.07, 6.45) is 0.142. The maximum Gasteiger partial charge on any atom is 0.305 e. The van der Waals surface area contributed by atoms with Crippen LogP contribution in [0.3, 0.4) is 0 Å². The number of aliphatic carboxylic acids is 1. The summed E-state index contributed by atoms with van der Waals surface area (Å²) < 4.78 is 1.01. The van der Waals surface area contributed by atoms with Gasteiger partial charge in [-0.15, -0.1) is 0 Å². The van der Waals surface area contributed by atoms with Crippen LogP contribution in [-0.4, -0.2) is 35.7 Å². The van der Waals surface area contributed by atoms with Crippen LogP contribution in [0.5, 0.6) is 0 Å². The van der Waals surface area contributed by atoms with Crippen LogP contribution in [0.25, 0.3) is 0 Å². The van der Waals surface area contributed by atoms with E-state index in [1.807, 2.05) is 24.3 Å². The zero-order valence-electron chi connectivity index (χ0n) is 11.2. The second-order valence-corrected chi connectivity index (χ2v) is 6.46. The highest BCUT2D eigenvalue weighted by Crippen LogP contribution is 2.31. The molecule has 0 saturated carbocycles. The van der Waals surface area contributed by atoms with Gasteiger partial charge in [-0.25, -0.2) is 0 Å². The quantitative estimate of drug-likeness (QED) is 0.896. The molecule has 2 rings (SSSR count). The predicted molar refractivity (Wildman–Crippen MR) is 79.6 cm³/mol. The Bertz CT molecular complexity index is 476. The van der Waals surface area contributed by atoms with E-state index in [2.05, 4.69) is 40.0 Å². The minimum Gasteiger partial charge on any atom is -0.481 e. The summed E-state index contributed by atoms with van der Waals surface area (Å²) in [5, 5.41) is 12.4. The largest absolute Gasteiger partial charge is 0.481 e. The highest BCUT2D eigenvalue weighted by molar-refractivity contribution is 9.10. The fourth-order valence-corrected chi connectivity index (χ4v) is 3.15. The van der Waals surface area contributed by atoms with Crippen molar-refractivity contribution in [2.24, 2.45) is 0 Å². The van der Waals surface area contributed by atoms with Crippen molar-refractivity contribution in [1.29, 1.82) is 0 Å². The number of carboxylic acid groups (broad SMARTS) is 1. The van der Waals surface area contributed by atoms with Crippen LogP contribution in [0.4, 0.5) is 5.69 Å². The Morgan fingerprint density at radius 1 is 1.58 bits per heavy atom. The van der Waals surface area contributed by atoms with Crippen molar-refractivity contribution >= 4 is 27.6 Å². The minimum atomic E-state index is -0.760. The number of carboxylic acids is 1. The average Bonchev–Trinajstić information content (AvgIpc) is 2.26. The van der Waals surface area contributed by atoms with E-state index >= 15 is 0 Å². The predicted octanol–water partition coefficient (Wildman–Crippen LogP) is 2.48. The molecule has 0 bridgehead atoms. The lowest BCUT2D eigenvalue weighted by atomic mass is 9.93. The molecule has 19 heavy (non-hydrogen) atoms. The lowest BCUT2D eigenvalue weighted by Gasteiger charge is -2.49. The van der Waals surface area contributed by atoms with Gasteiger partial charge in [-0.1, -0.05) is 22.0 Å². The third-order valence-corrected chi connectivity index (χ3v) is 3.94. The number of hydrogen-bond acceptors (Lipinski definition) is 3. The molecule has 4 nitrogen and oxygen atoms in total. The number of rotatable bonds is 3. The number of benzene rings is 1. The fraction of sp³-hybridized carbons (Fsp3) is 0.500. The van der Waals surface area contributed by atoms with Crippen LogP contribution in [0.2, 0.25) is 0 Å². The van der Waals surface area contributed by atoms with Crippen LogP contribution >= 0.6 is 15.9 Å². The molecule has 1 heterocycles. The summed E-state index contributed by atoms with van der Waals surface area (Å²) >= 11 is 3.48. The number of halogens is 1. The molecular weight excluding hydrogens is 308 g/mol. The van der Waals surface area contributed by atoms with E-state index in [1.54, 1.807) is 0 Å². The first-order valence-corrected chi connectivity index (χ1v) is 7.17. The van der Waals surface area contributed by atoms with Crippen molar-refractivity contribution in [3.63, 3.8) is 0 Å². The van der Waals surface area contributed by atoms with Crippen molar-refractivity contribution in [2.75, 3.05) is 18.0 Å². The monoisotopic (exact) mass is 326 g/mol. The Morgan fingerprint density at radius 3 is 2.95 bits per heavy atom. The van der Waals surface area contributed by atoms with Gasteiger partial charge in [-0.3, -0.25) is 4.79 Å². The Labute approximate surface area is 121 Å². The molecular formula is C14H19BrN2O2. The Balaban J connectivity index is 2.36. The summed E-state index contributed by atoms with van der Waals surface area (Å²) in [6, 6.07) is 8.00. The molecule has 1 aromatic rings. The van der Waals surface area contributed by atoms with Gasteiger partial charge >= 0.3 is 5.97 Å². The topological polar surface area (TPSA) is 52.6 Å². The fourth-order valence-electron chi connectivity index (χ4n) is 2.77.